The monoisotopic (exact) mass is 394 g/mol. The molecule has 4 rings (SSSR count). The van der Waals surface area contributed by atoms with Gasteiger partial charge in [0.05, 0.1) is 12.8 Å². The molecule has 1 aliphatic carbocycles. The molecule has 0 amide bonds. The zero-order chi connectivity index (χ0) is 20.1. The van der Waals surface area contributed by atoms with Crippen LogP contribution in [0.3, 0.4) is 0 Å². The molecule has 0 N–H and O–H groups in total. The summed E-state index contributed by atoms with van der Waals surface area (Å²) in [6, 6.07) is 12.5. The van der Waals surface area contributed by atoms with Crippen molar-refractivity contribution in [2.45, 2.75) is 38.9 Å². The van der Waals surface area contributed by atoms with Gasteiger partial charge in [-0.25, -0.2) is 9.37 Å². The van der Waals surface area contributed by atoms with Gasteiger partial charge in [0.2, 0.25) is 5.88 Å². The molecular weight excluding hydrogens is 371 g/mol. The second-order valence-electron chi connectivity index (χ2n) is 6.95. The molecule has 6 heteroatoms. The van der Waals surface area contributed by atoms with E-state index in [9.17, 15) is 4.39 Å². The largest absolute Gasteiger partial charge is 0.497 e. The predicted octanol–water partition coefficient (Wildman–Crippen LogP) is 4.66. The maximum absolute atomic E-state index is 13.8. The molecule has 0 fully saturated rings. The zero-order valence-corrected chi connectivity index (χ0v) is 16.4. The molecule has 3 aromatic rings. The molecule has 0 aliphatic heterocycles. The van der Waals surface area contributed by atoms with E-state index in [2.05, 4.69) is 9.97 Å². The number of aryl methyl sites for hydroxylation is 1. The van der Waals surface area contributed by atoms with Crippen LogP contribution in [0.4, 0.5) is 4.39 Å². The summed E-state index contributed by atoms with van der Waals surface area (Å²) in [6.45, 7) is 0.463. The highest BCUT2D eigenvalue weighted by atomic mass is 19.1. The quantitative estimate of drug-likeness (QED) is 0.583. The van der Waals surface area contributed by atoms with E-state index in [4.69, 9.17) is 14.2 Å². The van der Waals surface area contributed by atoms with Gasteiger partial charge in [0, 0.05) is 17.8 Å². The van der Waals surface area contributed by atoms with Crippen LogP contribution in [-0.2, 0) is 26.1 Å². The van der Waals surface area contributed by atoms with Crippen LogP contribution in [0.25, 0.3) is 0 Å². The Morgan fingerprint density at radius 3 is 2.62 bits per heavy atom. The van der Waals surface area contributed by atoms with Gasteiger partial charge >= 0.3 is 0 Å². The Kier molecular flexibility index (Phi) is 5.89. The Morgan fingerprint density at radius 2 is 1.83 bits per heavy atom. The van der Waals surface area contributed by atoms with Gasteiger partial charge in [-0.3, -0.25) is 4.98 Å². The molecule has 5 nitrogen and oxygen atoms in total. The summed E-state index contributed by atoms with van der Waals surface area (Å²) < 4.78 is 30.9. The fourth-order valence-corrected chi connectivity index (χ4v) is 3.40. The molecule has 1 aliphatic rings. The predicted molar refractivity (Wildman–Crippen MR) is 107 cm³/mol. The smallest absolute Gasteiger partial charge is 0.217 e. The van der Waals surface area contributed by atoms with Gasteiger partial charge in [-0.15, -0.1) is 0 Å². The van der Waals surface area contributed by atoms with Gasteiger partial charge in [0.1, 0.15) is 36.2 Å². The van der Waals surface area contributed by atoms with Gasteiger partial charge in [0.25, 0.3) is 0 Å². The molecule has 0 radical (unpaired) electrons. The van der Waals surface area contributed by atoms with Crippen LogP contribution in [0.2, 0.25) is 0 Å². The Hall–Kier alpha value is -3.15. The van der Waals surface area contributed by atoms with Crippen LogP contribution in [0.5, 0.6) is 17.4 Å². The second-order valence-corrected chi connectivity index (χ2v) is 6.95. The average Bonchev–Trinajstić information content (AvgIpc) is 2.77. The second kappa shape index (κ2) is 8.90. The molecule has 1 aromatic carbocycles. The van der Waals surface area contributed by atoms with Crippen LogP contribution < -0.4 is 14.2 Å². The lowest BCUT2D eigenvalue weighted by Crippen LogP contribution is -2.11. The van der Waals surface area contributed by atoms with Crippen molar-refractivity contribution in [2.24, 2.45) is 0 Å². The molecule has 0 atom stereocenters. The first-order valence-electron chi connectivity index (χ1n) is 9.73. The number of fused-ring (bicyclic) bond motifs is 1. The van der Waals surface area contributed by atoms with E-state index in [1.165, 1.54) is 6.07 Å². The molecule has 0 unspecified atom stereocenters. The highest BCUT2D eigenvalue weighted by molar-refractivity contribution is 5.42. The first-order chi connectivity index (χ1) is 14.2. The highest BCUT2D eigenvalue weighted by Gasteiger charge is 2.18. The van der Waals surface area contributed by atoms with Crippen molar-refractivity contribution in [3.05, 3.63) is 77.0 Å². The lowest BCUT2D eigenvalue weighted by Gasteiger charge is -2.20. The highest BCUT2D eigenvalue weighted by Crippen LogP contribution is 2.32. The van der Waals surface area contributed by atoms with E-state index in [0.717, 1.165) is 54.0 Å². The van der Waals surface area contributed by atoms with Crippen molar-refractivity contribution in [3.63, 3.8) is 0 Å². The molecular formula is C23H23FN2O3. The van der Waals surface area contributed by atoms with Crippen molar-refractivity contribution >= 4 is 0 Å². The van der Waals surface area contributed by atoms with Crippen LogP contribution in [0.15, 0.2) is 48.7 Å². The van der Waals surface area contributed by atoms with Gasteiger partial charge in [-0.2, -0.15) is 0 Å². The summed E-state index contributed by atoms with van der Waals surface area (Å²) in [5.74, 6) is 1.64. The summed E-state index contributed by atoms with van der Waals surface area (Å²) in [4.78, 5) is 8.65. The third kappa shape index (κ3) is 4.65. The van der Waals surface area contributed by atoms with Crippen LogP contribution in [0.1, 0.15) is 35.4 Å². The average molecular weight is 394 g/mol. The number of methoxy groups -OCH3 is 1. The first-order valence-corrected chi connectivity index (χ1v) is 9.73. The lowest BCUT2D eigenvalue weighted by atomic mass is 9.95. The Balaban J connectivity index is 1.52. The van der Waals surface area contributed by atoms with Crippen molar-refractivity contribution in [1.82, 2.24) is 9.97 Å². The number of halogens is 1. The molecule has 0 bridgehead atoms. The number of pyridine rings is 2. The SMILES string of the molecule is COc1ccc(COc2cc(OCc3ncccc3F)nc3c2CCCC3)cc1. The summed E-state index contributed by atoms with van der Waals surface area (Å²) in [6.07, 6.45) is 5.59. The van der Waals surface area contributed by atoms with Crippen LogP contribution in [-0.4, -0.2) is 17.1 Å². The van der Waals surface area contributed by atoms with E-state index in [1.807, 2.05) is 24.3 Å². The van der Waals surface area contributed by atoms with Gasteiger partial charge in [-0.1, -0.05) is 12.1 Å². The summed E-state index contributed by atoms with van der Waals surface area (Å²) in [5, 5.41) is 0. The summed E-state index contributed by atoms with van der Waals surface area (Å²) in [7, 11) is 1.65. The zero-order valence-electron chi connectivity index (χ0n) is 16.4. The third-order valence-corrected chi connectivity index (χ3v) is 4.98. The third-order valence-electron chi connectivity index (χ3n) is 4.98. The lowest BCUT2D eigenvalue weighted by molar-refractivity contribution is 0.270. The molecule has 0 saturated carbocycles. The number of rotatable bonds is 7. The fourth-order valence-electron chi connectivity index (χ4n) is 3.40. The Morgan fingerprint density at radius 1 is 1.00 bits per heavy atom. The molecule has 2 aromatic heterocycles. The fraction of sp³-hybridized carbons (Fsp3) is 0.304. The summed E-state index contributed by atoms with van der Waals surface area (Å²) >= 11 is 0. The number of hydrogen-bond acceptors (Lipinski definition) is 5. The standard InChI is InChI=1S/C23H23FN2O3/c1-27-17-10-8-16(9-11-17)14-28-22-13-23(26-20-7-3-2-5-18(20)22)29-15-21-19(24)6-4-12-25-21/h4,6,8-13H,2-3,5,7,14-15H2,1H3. The number of ether oxygens (including phenoxy) is 3. The Bertz CT molecular complexity index is 976. The van der Waals surface area contributed by atoms with Crippen molar-refractivity contribution in [2.75, 3.05) is 7.11 Å². The van der Waals surface area contributed by atoms with Crippen LogP contribution in [0, 0.1) is 5.82 Å². The molecule has 2 heterocycles. The summed E-state index contributed by atoms with van der Waals surface area (Å²) in [5.41, 5.74) is 3.44. The number of aromatic nitrogens is 2. The normalized spacial score (nSPS) is 12.9. The van der Waals surface area contributed by atoms with E-state index in [0.29, 0.717) is 12.5 Å². The van der Waals surface area contributed by atoms with E-state index < -0.39 is 0 Å². The van der Waals surface area contributed by atoms with Gasteiger partial charge < -0.3 is 14.2 Å². The molecule has 150 valence electrons. The number of hydrogen-bond donors (Lipinski definition) is 0. The minimum absolute atomic E-state index is 0.0242. The van der Waals surface area contributed by atoms with E-state index in [-0.39, 0.29) is 18.1 Å². The van der Waals surface area contributed by atoms with Crippen molar-refractivity contribution in [3.8, 4) is 17.4 Å². The Labute approximate surface area is 169 Å². The van der Waals surface area contributed by atoms with E-state index >= 15 is 0 Å². The van der Waals surface area contributed by atoms with Crippen molar-refractivity contribution < 1.29 is 18.6 Å². The maximum Gasteiger partial charge on any atom is 0.217 e. The minimum Gasteiger partial charge on any atom is -0.497 e. The topological polar surface area (TPSA) is 53.5 Å². The van der Waals surface area contributed by atoms with Gasteiger partial charge in [-0.05, 0) is 55.5 Å². The van der Waals surface area contributed by atoms with Crippen LogP contribution >= 0.6 is 0 Å². The van der Waals surface area contributed by atoms with Crippen molar-refractivity contribution in [1.29, 1.82) is 0 Å². The molecule has 0 spiro atoms. The van der Waals surface area contributed by atoms with Gasteiger partial charge in [0.15, 0.2) is 0 Å². The minimum atomic E-state index is -0.388. The van der Waals surface area contributed by atoms with E-state index in [1.54, 1.807) is 25.4 Å². The number of nitrogens with zero attached hydrogens (tertiary/aromatic N) is 2. The molecule has 0 saturated heterocycles. The number of benzene rings is 1. The first kappa shape index (κ1) is 19.2. The maximum atomic E-state index is 13.8. The molecule has 29 heavy (non-hydrogen) atoms.